The highest BCUT2D eigenvalue weighted by atomic mass is 16.5. The molecule has 0 N–H and O–H groups in total. The molecule has 0 fully saturated rings. The third-order valence-electron chi connectivity index (χ3n) is 11.0. The Bertz CT molecular complexity index is 2380. The fourth-order valence-corrected chi connectivity index (χ4v) is 8.95. The lowest BCUT2D eigenvalue weighted by atomic mass is 9.70. The fourth-order valence-electron chi connectivity index (χ4n) is 8.95. The van der Waals surface area contributed by atoms with Gasteiger partial charge in [0, 0.05) is 16.5 Å². The topological polar surface area (TPSA) is 9.23 Å². The first-order chi connectivity index (χ1) is 23.1. The molecule has 1 heteroatoms. The van der Waals surface area contributed by atoms with Crippen LogP contribution in [0.4, 0.5) is 0 Å². The quantitative estimate of drug-likeness (QED) is 0.192. The van der Waals surface area contributed by atoms with Crippen molar-refractivity contribution in [2.45, 2.75) is 24.7 Å². The minimum Gasteiger partial charge on any atom is -0.457 e. The molecule has 222 valence electrons. The molecule has 1 spiro atoms. The van der Waals surface area contributed by atoms with Gasteiger partial charge in [-0.2, -0.15) is 0 Å². The molecule has 0 amide bonds. The summed E-state index contributed by atoms with van der Waals surface area (Å²) >= 11 is 0. The van der Waals surface area contributed by atoms with Crippen molar-refractivity contribution in [1.29, 1.82) is 0 Å². The number of rotatable bonds is 2. The maximum atomic E-state index is 6.43. The Morgan fingerprint density at radius 2 is 0.851 bits per heavy atom. The minimum absolute atomic E-state index is 0.183. The Labute approximate surface area is 275 Å². The summed E-state index contributed by atoms with van der Waals surface area (Å²) in [5.41, 5.74) is 17.6. The van der Waals surface area contributed by atoms with E-state index in [1.807, 2.05) is 6.07 Å². The van der Waals surface area contributed by atoms with E-state index in [0.717, 1.165) is 11.5 Å². The second-order valence-corrected chi connectivity index (χ2v) is 13.6. The molecule has 0 radical (unpaired) electrons. The molecule has 0 saturated carbocycles. The zero-order chi connectivity index (χ0) is 31.3. The molecule has 0 bridgehead atoms. The predicted molar refractivity (Wildman–Crippen MR) is 192 cm³/mol. The van der Waals surface area contributed by atoms with Crippen molar-refractivity contribution in [3.63, 3.8) is 0 Å². The molecule has 1 aliphatic heterocycles. The molecule has 47 heavy (non-hydrogen) atoms. The molecule has 1 heterocycles. The number of para-hydroxylation sites is 1. The lowest BCUT2D eigenvalue weighted by molar-refractivity contribution is 0.418. The van der Waals surface area contributed by atoms with Crippen molar-refractivity contribution in [2.24, 2.45) is 0 Å². The van der Waals surface area contributed by atoms with E-state index in [1.165, 1.54) is 77.9 Å². The van der Waals surface area contributed by atoms with Gasteiger partial charge in [0.2, 0.25) is 0 Å². The standard InChI is InChI=1S/C46H32O/c1-45(2)39-23-11-12-25-42(39)47-43-27-26-29(28-41(43)45)30-14-3-4-15-31(30)34-19-13-24-40-44(34)35-18-7-10-22-38(35)46(40)36-20-8-5-16-32(36)33-17-6-9-21-37(33)46/h3-28H,1-2H3. The molecular weight excluding hydrogens is 569 g/mol. The van der Waals surface area contributed by atoms with Gasteiger partial charge in [0.25, 0.3) is 0 Å². The van der Waals surface area contributed by atoms with E-state index in [-0.39, 0.29) is 10.8 Å². The van der Waals surface area contributed by atoms with Crippen molar-refractivity contribution in [3.05, 3.63) is 191 Å². The summed E-state index contributed by atoms with van der Waals surface area (Å²) in [7, 11) is 0. The van der Waals surface area contributed by atoms with E-state index < -0.39 is 0 Å². The largest absolute Gasteiger partial charge is 0.457 e. The zero-order valence-electron chi connectivity index (χ0n) is 26.4. The van der Waals surface area contributed by atoms with Crippen LogP contribution in [-0.2, 0) is 10.8 Å². The van der Waals surface area contributed by atoms with E-state index >= 15 is 0 Å². The van der Waals surface area contributed by atoms with Crippen LogP contribution in [0.5, 0.6) is 11.5 Å². The first-order valence-electron chi connectivity index (χ1n) is 16.5. The second kappa shape index (κ2) is 9.44. The van der Waals surface area contributed by atoms with Gasteiger partial charge in [-0.1, -0.05) is 153 Å². The molecule has 10 rings (SSSR count). The third kappa shape index (κ3) is 3.39. The van der Waals surface area contributed by atoms with E-state index in [9.17, 15) is 0 Å². The van der Waals surface area contributed by atoms with Gasteiger partial charge in [-0.05, 0) is 85.0 Å². The number of hydrogen-bond acceptors (Lipinski definition) is 1. The van der Waals surface area contributed by atoms with E-state index in [2.05, 4.69) is 166 Å². The van der Waals surface area contributed by atoms with E-state index in [0.29, 0.717) is 0 Å². The molecule has 7 aromatic rings. The molecule has 1 nitrogen and oxygen atoms in total. The maximum Gasteiger partial charge on any atom is 0.131 e. The number of ether oxygens (including phenoxy) is 1. The first-order valence-corrected chi connectivity index (χ1v) is 16.5. The van der Waals surface area contributed by atoms with Crippen molar-refractivity contribution in [2.75, 3.05) is 0 Å². The zero-order valence-corrected chi connectivity index (χ0v) is 26.4. The van der Waals surface area contributed by atoms with Gasteiger partial charge >= 0.3 is 0 Å². The molecule has 7 aromatic carbocycles. The van der Waals surface area contributed by atoms with Crippen molar-refractivity contribution in [3.8, 4) is 56.0 Å². The monoisotopic (exact) mass is 600 g/mol. The third-order valence-corrected chi connectivity index (χ3v) is 11.0. The van der Waals surface area contributed by atoms with Crippen LogP contribution >= 0.6 is 0 Å². The highest BCUT2D eigenvalue weighted by molar-refractivity contribution is 6.01. The smallest absolute Gasteiger partial charge is 0.131 e. The second-order valence-electron chi connectivity index (χ2n) is 13.6. The van der Waals surface area contributed by atoms with Crippen molar-refractivity contribution >= 4 is 0 Å². The Morgan fingerprint density at radius 3 is 1.55 bits per heavy atom. The van der Waals surface area contributed by atoms with Gasteiger partial charge < -0.3 is 4.74 Å². The van der Waals surface area contributed by atoms with Crippen molar-refractivity contribution < 1.29 is 4.74 Å². The van der Waals surface area contributed by atoms with Gasteiger partial charge in [0.05, 0.1) is 5.41 Å². The highest BCUT2D eigenvalue weighted by Gasteiger charge is 2.52. The average Bonchev–Trinajstić information content (AvgIpc) is 3.59. The van der Waals surface area contributed by atoms with Crippen LogP contribution in [0.1, 0.15) is 47.2 Å². The number of benzene rings is 7. The summed E-state index contributed by atoms with van der Waals surface area (Å²) < 4.78 is 6.43. The average molecular weight is 601 g/mol. The van der Waals surface area contributed by atoms with Gasteiger partial charge in [0.1, 0.15) is 11.5 Å². The fraction of sp³-hybridized carbons (Fsp3) is 0.0870. The molecular formula is C46H32O. The van der Waals surface area contributed by atoms with Crippen LogP contribution in [0.25, 0.3) is 44.5 Å². The van der Waals surface area contributed by atoms with Gasteiger partial charge in [0.15, 0.2) is 0 Å². The van der Waals surface area contributed by atoms with Crippen LogP contribution in [-0.4, -0.2) is 0 Å². The maximum absolute atomic E-state index is 6.43. The SMILES string of the molecule is CC1(C)c2ccccc2Oc2ccc(-c3ccccc3-c3cccc4c3-c3ccccc3C43c4ccccc4-c4ccccc43)cc21. The van der Waals surface area contributed by atoms with Gasteiger partial charge in [-0.3, -0.25) is 0 Å². The number of hydrogen-bond donors (Lipinski definition) is 0. The Hall–Kier alpha value is -5.66. The van der Waals surface area contributed by atoms with E-state index in [1.54, 1.807) is 0 Å². The minimum atomic E-state index is -0.357. The summed E-state index contributed by atoms with van der Waals surface area (Å²) in [6.45, 7) is 4.61. The van der Waals surface area contributed by atoms with Gasteiger partial charge in [-0.15, -0.1) is 0 Å². The molecule has 3 aliphatic rings. The van der Waals surface area contributed by atoms with Crippen LogP contribution in [0.3, 0.4) is 0 Å². The first kappa shape index (κ1) is 26.5. The lowest BCUT2D eigenvalue weighted by Crippen LogP contribution is -2.25. The summed E-state index contributed by atoms with van der Waals surface area (Å²) in [5, 5.41) is 0. The highest BCUT2D eigenvalue weighted by Crippen LogP contribution is 2.64. The summed E-state index contributed by atoms with van der Waals surface area (Å²) in [4.78, 5) is 0. The van der Waals surface area contributed by atoms with Crippen LogP contribution in [0.15, 0.2) is 158 Å². The summed E-state index contributed by atoms with van der Waals surface area (Å²) in [6.07, 6.45) is 0. The summed E-state index contributed by atoms with van der Waals surface area (Å²) in [6, 6.07) is 58.1. The normalized spacial score (nSPS) is 15.1. The lowest BCUT2D eigenvalue weighted by Gasteiger charge is -2.34. The van der Waals surface area contributed by atoms with Gasteiger partial charge in [-0.25, -0.2) is 0 Å². The Kier molecular flexibility index (Phi) is 5.33. The molecule has 0 atom stereocenters. The molecule has 0 aromatic heterocycles. The molecule has 0 unspecified atom stereocenters. The Balaban J connectivity index is 1.22. The van der Waals surface area contributed by atoms with Crippen LogP contribution < -0.4 is 4.74 Å². The Morgan fingerprint density at radius 1 is 0.362 bits per heavy atom. The van der Waals surface area contributed by atoms with E-state index in [4.69, 9.17) is 4.74 Å². The predicted octanol–water partition coefficient (Wildman–Crippen LogP) is 11.8. The summed E-state index contributed by atoms with van der Waals surface area (Å²) in [5.74, 6) is 1.88. The van der Waals surface area contributed by atoms with Crippen molar-refractivity contribution in [1.82, 2.24) is 0 Å². The number of fused-ring (bicyclic) bond motifs is 12. The van der Waals surface area contributed by atoms with Crippen LogP contribution in [0, 0.1) is 0 Å². The molecule has 2 aliphatic carbocycles. The molecule has 0 saturated heterocycles. The van der Waals surface area contributed by atoms with Crippen LogP contribution in [0.2, 0.25) is 0 Å².